The Morgan fingerprint density at radius 1 is 1.43 bits per heavy atom. The number of halogens is 1. The lowest BCUT2D eigenvalue weighted by atomic mass is 9.97. The van der Waals surface area contributed by atoms with E-state index < -0.39 is 0 Å². The van der Waals surface area contributed by atoms with Gasteiger partial charge < -0.3 is 14.2 Å². The van der Waals surface area contributed by atoms with Gasteiger partial charge in [0.25, 0.3) is 0 Å². The Morgan fingerprint density at radius 3 is 2.82 bits per heavy atom. The summed E-state index contributed by atoms with van der Waals surface area (Å²) in [7, 11) is 1.37. The molecule has 28 heavy (non-hydrogen) atoms. The first kappa shape index (κ1) is 22.5. The van der Waals surface area contributed by atoms with E-state index in [2.05, 4.69) is 44.6 Å². The predicted octanol–water partition coefficient (Wildman–Crippen LogP) is 5.53. The van der Waals surface area contributed by atoms with E-state index in [0.717, 1.165) is 18.4 Å². The van der Waals surface area contributed by atoms with Crippen LogP contribution >= 0.6 is 11.6 Å². The topological polar surface area (TPSA) is 44.8 Å². The molecule has 2 rings (SSSR count). The average molecular weight is 407 g/mol. The molecule has 0 radical (unpaired) electrons. The smallest absolute Gasteiger partial charge is 0.309 e. The molecule has 4 nitrogen and oxygen atoms in total. The fraction of sp³-hybridized carbons (Fsp3) is 0.522. The van der Waals surface area contributed by atoms with Crippen molar-refractivity contribution in [3.05, 3.63) is 52.1 Å². The van der Waals surface area contributed by atoms with Crippen LogP contribution in [0.4, 0.5) is 0 Å². The molecule has 1 heterocycles. The van der Waals surface area contributed by atoms with Gasteiger partial charge in [-0.1, -0.05) is 43.7 Å². The number of benzene rings is 1. The number of ether oxygens (including phenoxy) is 3. The van der Waals surface area contributed by atoms with Crippen LogP contribution in [-0.4, -0.2) is 31.9 Å². The number of hydrogen-bond acceptors (Lipinski definition) is 4. The molecule has 0 fully saturated rings. The fourth-order valence-electron chi connectivity index (χ4n) is 3.33. The highest BCUT2D eigenvalue weighted by Gasteiger charge is 2.22. The van der Waals surface area contributed by atoms with E-state index in [1.807, 2.05) is 6.07 Å². The van der Waals surface area contributed by atoms with Crippen LogP contribution in [-0.2, 0) is 20.7 Å². The first-order valence-electron chi connectivity index (χ1n) is 9.82. The number of rotatable bonds is 8. The highest BCUT2D eigenvalue weighted by atomic mass is 35.5. The second-order valence-corrected chi connectivity index (χ2v) is 7.83. The summed E-state index contributed by atoms with van der Waals surface area (Å²) in [4.78, 5) is 11.4. The number of esters is 1. The standard InChI is InChI=1S/C23H31ClO4/c1-6-20-16(3)7-9-21(28-20)17(4)11-15(2)14-27-22-10-8-18(12-19(22)24)13-23(25)26-5/h7-8,10-12,15,20-21H,6,9,13-14H2,1-5H3/b17-11+/t15-,20+,21+/m0/s1. The van der Waals surface area contributed by atoms with Crippen molar-refractivity contribution in [1.29, 1.82) is 0 Å². The van der Waals surface area contributed by atoms with E-state index in [1.165, 1.54) is 18.3 Å². The molecule has 1 aliphatic rings. The van der Waals surface area contributed by atoms with Crippen molar-refractivity contribution in [1.82, 2.24) is 0 Å². The van der Waals surface area contributed by atoms with Crippen molar-refractivity contribution >= 4 is 17.6 Å². The minimum atomic E-state index is -0.292. The Bertz CT molecular complexity index is 738. The average Bonchev–Trinajstić information content (AvgIpc) is 2.67. The van der Waals surface area contributed by atoms with Gasteiger partial charge in [0.15, 0.2) is 0 Å². The van der Waals surface area contributed by atoms with Gasteiger partial charge in [0.05, 0.1) is 37.4 Å². The molecule has 0 saturated heterocycles. The van der Waals surface area contributed by atoms with Crippen molar-refractivity contribution in [3.8, 4) is 5.75 Å². The molecule has 5 heteroatoms. The second kappa shape index (κ2) is 10.7. The zero-order chi connectivity index (χ0) is 20.7. The van der Waals surface area contributed by atoms with E-state index in [4.69, 9.17) is 21.1 Å². The van der Waals surface area contributed by atoms with Gasteiger partial charge in [0.1, 0.15) is 5.75 Å². The molecule has 154 valence electrons. The summed E-state index contributed by atoms with van der Waals surface area (Å²) in [5.74, 6) is 0.549. The van der Waals surface area contributed by atoms with Gasteiger partial charge >= 0.3 is 5.97 Å². The largest absolute Gasteiger partial charge is 0.491 e. The van der Waals surface area contributed by atoms with Crippen molar-refractivity contribution in [2.24, 2.45) is 5.92 Å². The molecule has 3 atom stereocenters. The van der Waals surface area contributed by atoms with Gasteiger partial charge in [-0.25, -0.2) is 0 Å². The minimum Gasteiger partial charge on any atom is -0.491 e. The van der Waals surface area contributed by atoms with Crippen LogP contribution in [0.3, 0.4) is 0 Å². The Labute approximate surface area is 173 Å². The van der Waals surface area contributed by atoms with Gasteiger partial charge in [-0.3, -0.25) is 4.79 Å². The molecular weight excluding hydrogens is 376 g/mol. The molecule has 1 aromatic rings. The third-order valence-corrected chi connectivity index (χ3v) is 5.29. The maximum atomic E-state index is 11.4. The first-order valence-corrected chi connectivity index (χ1v) is 10.2. The molecule has 0 amide bonds. The third-order valence-electron chi connectivity index (χ3n) is 4.99. The SMILES string of the molecule is CC[C@H]1O[C@@H](/C(C)=C/[C@H](C)COc2ccc(CC(=O)OC)cc2Cl)CC=C1C. The highest BCUT2D eigenvalue weighted by Crippen LogP contribution is 2.28. The Hall–Kier alpha value is -1.78. The van der Waals surface area contributed by atoms with E-state index in [-0.39, 0.29) is 30.5 Å². The lowest BCUT2D eigenvalue weighted by molar-refractivity contribution is -0.139. The van der Waals surface area contributed by atoms with Crippen LogP contribution in [0.15, 0.2) is 41.5 Å². The van der Waals surface area contributed by atoms with Gasteiger partial charge in [-0.05, 0) is 55.5 Å². The van der Waals surface area contributed by atoms with E-state index in [9.17, 15) is 4.79 Å². The Kier molecular flexibility index (Phi) is 8.58. The Balaban J connectivity index is 1.92. The van der Waals surface area contributed by atoms with Crippen molar-refractivity contribution in [3.63, 3.8) is 0 Å². The second-order valence-electron chi connectivity index (χ2n) is 7.42. The number of methoxy groups -OCH3 is 1. The van der Waals surface area contributed by atoms with Gasteiger partial charge in [0, 0.05) is 5.92 Å². The molecule has 1 aliphatic heterocycles. The molecule has 0 unspecified atom stereocenters. The van der Waals surface area contributed by atoms with E-state index in [0.29, 0.717) is 17.4 Å². The highest BCUT2D eigenvalue weighted by molar-refractivity contribution is 6.32. The summed E-state index contributed by atoms with van der Waals surface area (Å²) in [6, 6.07) is 5.38. The molecule has 0 bridgehead atoms. The summed E-state index contributed by atoms with van der Waals surface area (Å²) in [5.41, 5.74) is 3.36. The lowest BCUT2D eigenvalue weighted by Crippen LogP contribution is -2.27. The molecule has 0 saturated carbocycles. The zero-order valence-electron chi connectivity index (χ0n) is 17.5. The molecular formula is C23H31ClO4. The Morgan fingerprint density at radius 2 is 2.18 bits per heavy atom. The van der Waals surface area contributed by atoms with Gasteiger partial charge in [0.2, 0.25) is 0 Å². The summed E-state index contributed by atoms with van der Waals surface area (Å²) in [6.45, 7) is 9.05. The number of carbonyl (C=O) groups is 1. The summed E-state index contributed by atoms with van der Waals surface area (Å²) < 4.78 is 16.8. The number of hydrogen-bond donors (Lipinski definition) is 0. The molecule has 0 spiro atoms. The maximum Gasteiger partial charge on any atom is 0.309 e. The van der Waals surface area contributed by atoms with Crippen molar-refractivity contribution < 1.29 is 19.0 Å². The zero-order valence-corrected chi connectivity index (χ0v) is 18.2. The third kappa shape index (κ3) is 6.39. The first-order chi connectivity index (χ1) is 13.3. The van der Waals surface area contributed by atoms with Crippen LogP contribution in [0.1, 0.15) is 46.1 Å². The molecule has 0 aromatic heterocycles. The lowest BCUT2D eigenvalue weighted by Gasteiger charge is -2.30. The van der Waals surface area contributed by atoms with Crippen LogP contribution in [0.5, 0.6) is 5.75 Å². The summed E-state index contributed by atoms with van der Waals surface area (Å²) in [6.07, 6.45) is 6.97. The van der Waals surface area contributed by atoms with Crippen LogP contribution in [0.2, 0.25) is 5.02 Å². The summed E-state index contributed by atoms with van der Waals surface area (Å²) in [5, 5.41) is 0.497. The summed E-state index contributed by atoms with van der Waals surface area (Å²) >= 11 is 6.29. The van der Waals surface area contributed by atoms with Crippen LogP contribution in [0.25, 0.3) is 0 Å². The molecule has 0 N–H and O–H groups in total. The van der Waals surface area contributed by atoms with Gasteiger partial charge in [-0.2, -0.15) is 0 Å². The van der Waals surface area contributed by atoms with Crippen molar-refractivity contribution in [2.45, 2.75) is 59.2 Å². The normalized spacial score (nSPS) is 21.1. The number of carbonyl (C=O) groups excluding carboxylic acids is 1. The maximum absolute atomic E-state index is 11.4. The quantitative estimate of drug-likeness (QED) is 0.420. The molecule has 0 aliphatic carbocycles. The predicted molar refractivity (Wildman–Crippen MR) is 113 cm³/mol. The van der Waals surface area contributed by atoms with E-state index >= 15 is 0 Å². The van der Waals surface area contributed by atoms with Crippen LogP contribution < -0.4 is 4.74 Å². The van der Waals surface area contributed by atoms with Crippen molar-refractivity contribution in [2.75, 3.05) is 13.7 Å². The van der Waals surface area contributed by atoms with Crippen LogP contribution in [0, 0.1) is 5.92 Å². The fourth-order valence-corrected chi connectivity index (χ4v) is 3.59. The van der Waals surface area contributed by atoms with Gasteiger partial charge in [-0.15, -0.1) is 0 Å². The minimum absolute atomic E-state index is 0.136. The monoisotopic (exact) mass is 406 g/mol. The van der Waals surface area contributed by atoms with E-state index in [1.54, 1.807) is 12.1 Å². The molecule has 1 aromatic carbocycles.